The van der Waals surface area contributed by atoms with Crippen molar-refractivity contribution in [2.24, 2.45) is 0 Å². The molecule has 0 spiro atoms. The summed E-state index contributed by atoms with van der Waals surface area (Å²) in [5.41, 5.74) is 0.856. The summed E-state index contributed by atoms with van der Waals surface area (Å²) in [6.07, 6.45) is -1.53. The van der Waals surface area contributed by atoms with Gasteiger partial charge < -0.3 is 0 Å². The Balaban J connectivity index is 2.08. The first-order valence-corrected chi connectivity index (χ1v) is 8.36. The van der Waals surface area contributed by atoms with E-state index in [-0.39, 0.29) is 22.4 Å². The maximum absolute atomic E-state index is 13.8. The molecule has 0 N–H and O–H groups in total. The predicted molar refractivity (Wildman–Crippen MR) is 96.8 cm³/mol. The molecule has 0 bridgehead atoms. The molecule has 0 saturated heterocycles. The van der Waals surface area contributed by atoms with Crippen LogP contribution in [0, 0.1) is 6.92 Å². The Labute approximate surface area is 157 Å². The molecule has 3 aromatic heterocycles. The van der Waals surface area contributed by atoms with Crippen LogP contribution in [0.15, 0.2) is 54.9 Å². The number of aromatic nitrogens is 4. The van der Waals surface area contributed by atoms with Gasteiger partial charge in [-0.2, -0.15) is 18.3 Å². The van der Waals surface area contributed by atoms with Crippen LogP contribution < -0.4 is 0 Å². The third-order valence-corrected chi connectivity index (χ3v) is 4.38. The Morgan fingerprint density at radius 3 is 2.44 bits per heavy atom. The lowest BCUT2D eigenvalue weighted by Crippen LogP contribution is -2.08. The van der Waals surface area contributed by atoms with Crippen molar-refractivity contribution in [1.82, 2.24) is 19.7 Å². The van der Waals surface area contributed by atoms with Crippen molar-refractivity contribution >= 4 is 22.6 Å². The van der Waals surface area contributed by atoms with Gasteiger partial charge in [0.05, 0.1) is 28.0 Å². The lowest BCUT2D eigenvalue weighted by atomic mass is 10.1. The van der Waals surface area contributed by atoms with Gasteiger partial charge in [-0.15, -0.1) is 0 Å². The van der Waals surface area contributed by atoms with Crippen LogP contribution in [0.3, 0.4) is 0 Å². The van der Waals surface area contributed by atoms with Crippen LogP contribution in [0.5, 0.6) is 0 Å². The third-order valence-electron chi connectivity index (χ3n) is 4.15. The van der Waals surface area contributed by atoms with Crippen LogP contribution in [0.1, 0.15) is 11.3 Å². The number of rotatable bonds is 2. The van der Waals surface area contributed by atoms with E-state index in [0.29, 0.717) is 16.3 Å². The summed E-state index contributed by atoms with van der Waals surface area (Å²) in [6.45, 7) is 1.53. The number of aryl methyl sites for hydroxylation is 1. The molecule has 0 unspecified atom stereocenters. The van der Waals surface area contributed by atoms with Crippen LogP contribution in [-0.2, 0) is 6.18 Å². The van der Waals surface area contributed by atoms with E-state index in [0.717, 1.165) is 6.07 Å². The maximum atomic E-state index is 13.8. The molecule has 0 aliphatic heterocycles. The van der Waals surface area contributed by atoms with Gasteiger partial charge in [0.2, 0.25) is 0 Å². The molecular formula is C19H12ClF3N4. The van der Waals surface area contributed by atoms with Crippen molar-refractivity contribution in [3.63, 3.8) is 0 Å². The highest BCUT2D eigenvalue weighted by Gasteiger charge is 2.35. The van der Waals surface area contributed by atoms with Crippen molar-refractivity contribution in [1.29, 1.82) is 0 Å². The van der Waals surface area contributed by atoms with E-state index in [1.165, 1.54) is 24.0 Å². The molecular weight excluding hydrogens is 377 g/mol. The number of hydrogen-bond acceptors (Lipinski definition) is 3. The molecule has 4 nitrogen and oxygen atoms in total. The second kappa shape index (κ2) is 6.35. The van der Waals surface area contributed by atoms with Gasteiger partial charge in [0, 0.05) is 23.0 Å². The minimum Gasteiger partial charge on any atom is -0.265 e. The number of benzene rings is 1. The van der Waals surface area contributed by atoms with Gasteiger partial charge in [0.25, 0.3) is 0 Å². The highest BCUT2D eigenvalue weighted by atomic mass is 35.5. The van der Waals surface area contributed by atoms with Gasteiger partial charge in [0.1, 0.15) is 0 Å². The largest absolute Gasteiger partial charge is 0.417 e. The van der Waals surface area contributed by atoms with Gasteiger partial charge in [-0.1, -0.05) is 17.7 Å². The van der Waals surface area contributed by atoms with Gasteiger partial charge in [-0.05, 0) is 43.3 Å². The van der Waals surface area contributed by atoms with Crippen LogP contribution in [0.4, 0.5) is 13.2 Å². The molecule has 3 heterocycles. The maximum Gasteiger partial charge on any atom is 0.417 e. The molecule has 0 saturated carbocycles. The Morgan fingerprint density at radius 1 is 1.04 bits per heavy atom. The summed E-state index contributed by atoms with van der Waals surface area (Å²) >= 11 is 6.04. The number of alkyl halides is 3. The lowest BCUT2D eigenvalue weighted by molar-refractivity contribution is -0.136. The first-order valence-electron chi connectivity index (χ1n) is 7.98. The summed E-state index contributed by atoms with van der Waals surface area (Å²) in [5.74, 6) is 0. The zero-order chi connectivity index (χ0) is 19.2. The van der Waals surface area contributed by atoms with Gasteiger partial charge >= 0.3 is 6.18 Å². The van der Waals surface area contributed by atoms with E-state index in [4.69, 9.17) is 11.6 Å². The molecule has 0 aliphatic rings. The summed E-state index contributed by atoms with van der Waals surface area (Å²) in [5, 5.41) is 4.72. The first kappa shape index (κ1) is 17.5. The van der Waals surface area contributed by atoms with Crippen LogP contribution in [0.2, 0.25) is 5.02 Å². The lowest BCUT2D eigenvalue weighted by Gasteiger charge is -2.12. The van der Waals surface area contributed by atoms with Crippen molar-refractivity contribution in [3.05, 3.63) is 71.1 Å². The molecule has 8 heteroatoms. The fourth-order valence-corrected chi connectivity index (χ4v) is 3.16. The van der Waals surface area contributed by atoms with E-state index in [1.807, 2.05) is 0 Å². The van der Waals surface area contributed by atoms with E-state index >= 15 is 0 Å². The molecule has 0 fully saturated rings. The standard InChI is InChI=1S/C19H12ClF3N4/c1-11-17-15(19(21,22)23)10-16(12-5-7-24-8-6-12)25-18(17)27(26-11)14-4-2-3-13(20)9-14/h2-10H,1H3. The number of fused-ring (bicyclic) bond motifs is 1. The average molecular weight is 389 g/mol. The SMILES string of the molecule is Cc1nn(-c2cccc(Cl)c2)c2nc(-c3ccncc3)cc(C(F)(F)F)c12. The fraction of sp³-hybridized carbons (Fsp3) is 0.105. The Morgan fingerprint density at radius 2 is 1.78 bits per heavy atom. The highest BCUT2D eigenvalue weighted by Crippen LogP contribution is 2.38. The summed E-state index contributed by atoms with van der Waals surface area (Å²) in [6, 6.07) is 11.0. The number of hydrogen-bond donors (Lipinski definition) is 0. The molecule has 1 aromatic carbocycles. The minimum atomic E-state index is -4.55. The average Bonchev–Trinajstić information content (AvgIpc) is 2.98. The number of pyridine rings is 2. The van der Waals surface area contributed by atoms with Gasteiger partial charge in [-0.3, -0.25) is 4.98 Å². The zero-order valence-electron chi connectivity index (χ0n) is 14.0. The fourth-order valence-electron chi connectivity index (χ4n) is 2.97. The molecule has 27 heavy (non-hydrogen) atoms. The second-order valence-corrected chi connectivity index (χ2v) is 6.40. The molecule has 0 aliphatic carbocycles. The second-order valence-electron chi connectivity index (χ2n) is 5.96. The molecule has 0 atom stereocenters. The Hall–Kier alpha value is -2.93. The molecule has 4 aromatic rings. The minimum absolute atomic E-state index is 0.0275. The quantitative estimate of drug-likeness (QED) is 0.457. The molecule has 136 valence electrons. The Kier molecular flexibility index (Phi) is 4.11. The first-order chi connectivity index (χ1) is 12.8. The molecule has 4 rings (SSSR count). The van der Waals surface area contributed by atoms with Gasteiger partial charge in [-0.25, -0.2) is 9.67 Å². The predicted octanol–water partition coefficient (Wildman–Crippen LogP) is 5.46. The number of nitrogens with zero attached hydrogens (tertiary/aromatic N) is 4. The number of halogens is 4. The summed E-state index contributed by atoms with van der Waals surface area (Å²) < 4.78 is 42.7. The highest BCUT2D eigenvalue weighted by molar-refractivity contribution is 6.30. The van der Waals surface area contributed by atoms with E-state index in [9.17, 15) is 13.2 Å². The molecule has 0 radical (unpaired) electrons. The van der Waals surface area contributed by atoms with Crippen molar-refractivity contribution in [2.75, 3.05) is 0 Å². The van der Waals surface area contributed by atoms with E-state index in [2.05, 4.69) is 15.1 Å². The van der Waals surface area contributed by atoms with Crippen molar-refractivity contribution in [3.8, 4) is 16.9 Å². The van der Waals surface area contributed by atoms with Crippen molar-refractivity contribution < 1.29 is 13.2 Å². The van der Waals surface area contributed by atoms with Crippen LogP contribution in [0.25, 0.3) is 28.0 Å². The zero-order valence-corrected chi connectivity index (χ0v) is 14.8. The summed E-state index contributed by atoms with van der Waals surface area (Å²) in [4.78, 5) is 8.38. The smallest absolute Gasteiger partial charge is 0.265 e. The molecule has 0 amide bonds. The topological polar surface area (TPSA) is 43.6 Å². The van der Waals surface area contributed by atoms with Crippen LogP contribution >= 0.6 is 11.6 Å². The third kappa shape index (κ3) is 3.14. The van der Waals surface area contributed by atoms with E-state index < -0.39 is 11.7 Å². The van der Waals surface area contributed by atoms with Crippen molar-refractivity contribution in [2.45, 2.75) is 13.1 Å². The van der Waals surface area contributed by atoms with Gasteiger partial charge in [0.15, 0.2) is 5.65 Å². The van der Waals surface area contributed by atoms with Crippen LogP contribution in [-0.4, -0.2) is 19.7 Å². The monoisotopic (exact) mass is 388 g/mol. The van der Waals surface area contributed by atoms with E-state index in [1.54, 1.807) is 36.4 Å². The summed E-state index contributed by atoms with van der Waals surface area (Å²) in [7, 11) is 0. The Bertz CT molecular complexity index is 1140. The normalized spacial score (nSPS) is 11.9.